The number of hydrogen-bond donors (Lipinski definition) is 2. The fraction of sp³-hybridized carbons (Fsp3) is 0.333. The minimum absolute atomic E-state index is 0. The van der Waals surface area contributed by atoms with Gasteiger partial charge in [-0.05, 0) is 39.1 Å². The minimum Gasteiger partial charge on any atom is -0.550 e. The monoisotopic (exact) mass is 384 g/mol. The summed E-state index contributed by atoms with van der Waals surface area (Å²) in [4.78, 5) is 25.9. The average Bonchev–Trinajstić information content (AvgIpc) is 2.27. The van der Waals surface area contributed by atoms with Crippen LogP contribution in [0.15, 0.2) is 24.4 Å². The Kier molecular flexibility index (Phi) is 42.5. The number of nitrogens with zero attached hydrogens (tertiary/aromatic N) is 1. The van der Waals surface area contributed by atoms with Crippen LogP contribution in [-0.2, 0) is 14.4 Å². The van der Waals surface area contributed by atoms with Crippen LogP contribution in [0, 0.1) is 11.3 Å². The second-order valence-electron chi connectivity index (χ2n) is 3.22. The molecule has 1 aliphatic heterocycles. The first kappa shape index (κ1) is 39.6. The van der Waals surface area contributed by atoms with Gasteiger partial charge in [-0.3, -0.25) is 0 Å². The first-order chi connectivity index (χ1) is 9.46. The van der Waals surface area contributed by atoms with Crippen molar-refractivity contribution >= 4 is 30.5 Å². The Bertz CT molecular complexity index is 414. The molecule has 0 saturated heterocycles. The van der Waals surface area contributed by atoms with Gasteiger partial charge >= 0.3 is 88.7 Å². The molecule has 1 N–H and O–H groups in total. The number of dihydropyridines is 1. The molecule has 0 amide bonds. The van der Waals surface area contributed by atoms with Gasteiger partial charge in [0, 0.05) is 17.9 Å². The van der Waals surface area contributed by atoms with E-state index in [0.29, 0.717) is 0 Å². The fourth-order valence-corrected chi connectivity index (χ4v) is 0.704. The smallest absolute Gasteiger partial charge is 0.550 e. The molecule has 0 aliphatic carbocycles. The molecule has 0 bridgehead atoms. The Morgan fingerprint density at radius 3 is 1.38 bits per heavy atom. The number of carbonyl (C=O) groups excluding carboxylic acids is 3. The molecule has 0 saturated carbocycles. The maximum atomic E-state index is 8.89. The number of nitrogens with one attached hydrogen (secondary N) is 1. The summed E-state index contributed by atoms with van der Waals surface area (Å²) in [6.45, 7) is 2.92. The number of rotatable bonds is 0. The number of aliphatic carboxylic acids is 3. The summed E-state index contributed by atoms with van der Waals surface area (Å²) in [6, 6.07) is 2.00. The summed E-state index contributed by atoms with van der Waals surface area (Å²) in [5.74, 6) is -3.25. The quantitative estimate of drug-likeness (QED) is 0.308. The molecule has 24 heavy (non-hydrogen) atoms. The Morgan fingerprint density at radius 2 is 1.25 bits per heavy atom. The van der Waals surface area contributed by atoms with E-state index in [1.807, 2.05) is 12.1 Å². The van der Waals surface area contributed by atoms with E-state index in [1.54, 1.807) is 18.4 Å². The van der Waals surface area contributed by atoms with E-state index < -0.39 is 22.8 Å². The average molecular weight is 384 g/mol. The zero-order valence-corrected chi connectivity index (χ0v) is 21.5. The van der Waals surface area contributed by atoms with Crippen LogP contribution >= 0.6 is 12.6 Å². The van der Waals surface area contributed by atoms with Gasteiger partial charge in [-0.2, -0.15) is 5.26 Å². The molecular formula is C12H15N2Na3O6S. The van der Waals surface area contributed by atoms with E-state index in [-0.39, 0.29) is 88.7 Å². The van der Waals surface area contributed by atoms with Crippen LogP contribution in [-0.4, -0.2) is 22.8 Å². The first-order valence-corrected chi connectivity index (χ1v) is 5.70. The van der Waals surface area contributed by atoms with Gasteiger partial charge in [0.25, 0.3) is 0 Å². The van der Waals surface area contributed by atoms with Crippen molar-refractivity contribution in [2.75, 3.05) is 0 Å². The second-order valence-corrected chi connectivity index (χ2v) is 3.92. The Labute approximate surface area is 213 Å². The molecule has 0 spiro atoms. The number of thiol groups is 1. The number of nitriles is 1. The van der Waals surface area contributed by atoms with E-state index in [2.05, 4.69) is 17.9 Å². The van der Waals surface area contributed by atoms with Gasteiger partial charge in [-0.1, -0.05) is 6.08 Å². The second kappa shape index (κ2) is 25.8. The molecule has 1 rings (SSSR count). The number of hydrogen-bond acceptors (Lipinski definition) is 9. The molecule has 12 heteroatoms. The summed E-state index contributed by atoms with van der Waals surface area (Å²) in [7, 11) is 0. The largest absolute Gasteiger partial charge is 1.00 e. The van der Waals surface area contributed by atoms with E-state index in [0.717, 1.165) is 20.8 Å². The van der Waals surface area contributed by atoms with Gasteiger partial charge in [-0.25, -0.2) is 0 Å². The molecule has 0 aromatic carbocycles. The van der Waals surface area contributed by atoms with Crippen molar-refractivity contribution in [1.82, 2.24) is 5.32 Å². The van der Waals surface area contributed by atoms with E-state index >= 15 is 0 Å². The minimum atomic E-state index is -1.08. The van der Waals surface area contributed by atoms with Crippen LogP contribution in [0.1, 0.15) is 20.8 Å². The van der Waals surface area contributed by atoms with Crippen molar-refractivity contribution in [2.45, 2.75) is 25.6 Å². The summed E-state index contributed by atoms with van der Waals surface area (Å²) in [5.41, 5.74) is 0. The first-order valence-electron chi connectivity index (χ1n) is 5.25. The third-order valence-electron chi connectivity index (χ3n) is 1.02. The van der Waals surface area contributed by atoms with Crippen molar-refractivity contribution in [1.29, 1.82) is 5.26 Å². The van der Waals surface area contributed by atoms with Gasteiger partial charge in [-0.15, -0.1) is 12.6 Å². The summed E-state index contributed by atoms with van der Waals surface area (Å²) in [5, 5.41) is 37.9. The fourth-order valence-electron chi connectivity index (χ4n) is 0.543. The zero-order chi connectivity index (χ0) is 17.5. The van der Waals surface area contributed by atoms with Gasteiger partial charge < -0.3 is 35.0 Å². The van der Waals surface area contributed by atoms with Gasteiger partial charge in [0.2, 0.25) is 0 Å². The number of carboxylic acids is 3. The van der Waals surface area contributed by atoms with Crippen molar-refractivity contribution in [2.24, 2.45) is 0 Å². The van der Waals surface area contributed by atoms with Crippen LogP contribution < -0.4 is 109 Å². The normalized spacial score (nSPS) is 14.8. The SMILES string of the molecule is CC(=O)[O-].CC(=O)[O-].CC(=O)[O-].N#CC1(S)C=CC=CN1.[Na+].[Na+].[Na+]. The Hall–Kier alpha value is 0.530. The third-order valence-corrected chi connectivity index (χ3v) is 1.40. The third kappa shape index (κ3) is 57.0. The maximum absolute atomic E-state index is 8.89. The number of allylic oxidation sites excluding steroid dienone is 2. The maximum Gasteiger partial charge on any atom is 1.00 e. The standard InChI is InChI=1S/C6H6N2S.3C2H4O2.3Na/c7-5-6(9)3-1-2-4-8-6;3*1-2(3)4;;;/h1-4,8-9H;3*1H3,(H,3,4);;;/q;;;;3*+1/p-3. The van der Waals surface area contributed by atoms with Crippen molar-refractivity contribution in [3.05, 3.63) is 24.4 Å². The van der Waals surface area contributed by atoms with E-state index in [1.165, 1.54) is 0 Å². The molecule has 118 valence electrons. The molecule has 0 aromatic rings. The summed E-state index contributed by atoms with van der Waals surface area (Å²) in [6.07, 6.45) is 6.98. The topological polar surface area (TPSA) is 156 Å². The van der Waals surface area contributed by atoms with Crippen molar-refractivity contribution in [3.63, 3.8) is 0 Å². The molecule has 1 aliphatic rings. The molecular weight excluding hydrogens is 369 g/mol. The predicted octanol–water partition coefficient (Wildman–Crippen LogP) is -11.9. The number of carbonyl (C=O) groups is 3. The van der Waals surface area contributed by atoms with Crippen LogP contribution in [0.25, 0.3) is 0 Å². The van der Waals surface area contributed by atoms with Crippen molar-refractivity contribution < 1.29 is 118 Å². The van der Waals surface area contributed by atoms with Gasteiger partial charge in [0.15, 0.2) is 4.87 Å². The zero-order valence-electron chi connectivity index (χ0n) is 14.7. The molecule has 0 fully saturated rings. The van der Waals surface area contributed by atoms with Crippen LogP contribution in [0.4, 0.5) is 0 Å². The predicted molar refractivity (Wildman–Crippen MR) is 70.8 cm³/mol. The van der Waals surface area contributed by atoms with E-state index in [9.17, 15) is 0 Å². The number of carboxylic acid groups (broad SMARTS) is 3. The van der Waals surface area contributed by atoms with Gasteiger partial charge in [0.05, 0.1) is 0 Å². The van der Waals surface area contributed by atoms with Gasteiger partial charge in [0.1, 0.15) is 6.07 Å². The summed E-state index contributed by atoms with van der Waals surface area (Å²) >= 11 is 4.04. The molecule has 1 heterocycles. The van der Waals surface area contributed by atoms with E-state index in [4.69, 9.17) is 35.0 Å². The van der Waals surface area contributed by atoms with Crippen LogP contribution in [0.3, 0.4) is 0 Å². The Morgan fingerprint density at radius 1 is 0.958 bits per heavy atom. The molecule has 1 unspecified atom stereocenters. The molecule has 0 radical (unpaired) electrons. The summed E-state index contributed by atoms with van der Waals surface area (Å²) < 4.78 is 0. The van der Waals surface area contributed by atoms with Crippen molar-refractivity contribution in [3.8, 4) is 6.07 Å². The molecule has 8 nitrogen and oxygen atoms in total. The molecule has 1 atom stereocenters. The Balaban J connectivity index is -0.0000000472. The van der Waals surface area contributed by atoms with Crippen LogP contribution in [0.5, 0.6) is 0 Å². The van der Waals surface area contributed by atoms with Crippen LogP contribution in [0.2, 0.25) is 0 Å². The molecule has 0 aromatic heterocycles.